The van der Waals surface area contributed by atoms with Gasteiger partial charge in [-0.3, -0.25) is 0 Å². The molecule has 0 bridgehead atoms. The van der Waals surface area contributed by atoms with Gasteiger partial charge < -0.3 is 15.2 Å². The van der Waals surface area contributed by atoms with Crippen LogP contribution in [0.2, 0.25) is 0 Å². The van der Waals surface area contributed by atoms with Crippen LogP contribution >= 0.6 is 0 Å². The molecule has 0 heterocycles. The smallest absolute Gasteiger partial charge is 0.162 e. The van der Waals surface area contributed by atoms with Crippen molar-refractivity contribution in [1.29, 1.82) is 0 Å². The van der Waals surface area contributed by atoms with Crippen LogP contribution in [0.5, 0.6) is 11.5 Å². The van der Waals surface area contributed by atoms with E-state index in [9.17, 15) is 5.11 Å². The van der Waals surface area contributed by atoms with Gasteiger partial charge in [-0.1, -0.05) is 43.3 Å². The summed E-state index contributed by atoms with van der Waals surface area (Å²) in [6.07, 6.45) is 1.03. The maximum atomic E-state index is 10.0. The summed E-state index contributed by atoms with van der Waals surface area (Å²) in [7, 11) is 1.56. The van der Waals surface area contributed by atoms with Crippen LogP contribution in [-0.2, 0) is 19.5 Å². The first-order valence-electron chi connectivity index (χ1n) is 6.88. The van der Waals surface area contributed by atoms with E-state index in [-0.39, 0.29) is 5.75 Å². The number of phenols is 1. The molecule has 0 aromatic heterocycles. The van der Waals surface area contributed by atoms with Gasteiger partial charge in [-0.15, -0.1) is 0 Å². The Hall–Kier alpha value is -2.00. The van der Waals surface area contributed by atoms with Crippen molar-refractivity contribution in [2.75, 3.05) is 7.11 Å². The lowest BCUT2D eigenvalue weighted by atomic mass is 10.1. The third-order valence-corrected chi connectivity index (χ3v) is 3.43. The lowest BCUT2D eigenvalue weighted by Gasteiger charge is -2.11. The number of hydrogen-bond acceptors (Lipinski definition) is 3. The summed E-state index contributed by atoms with van der Waals surface area (Å²) < 4.78 is 5.11. The Kier molecular flexibility index (Phi) is 5.02. The van der Waals surface area contributed by atoms with Crippen molar-refractivity contribution >= 4 is 0 Å². The van der Waals surface area contributed by atoms with Crippen molar-refractivity contribution < 1.29 is 9.84 Å². The molecule has 106 valence electrons. The number of aromatic hydroxyl groups is 1. The first kappa shape index (κ1) is 14.4. The van der Waals surface area contributed by atoms with Crippen LogP contribution in [0.15, 0.2) is 42.5 Å². The second-order valence-corrected chi connectivity index (χ2v) is 4.69. The summed E-state index contributed by atoms with van der Waals surface area (Å²) in [4.78, 5) is 0. The van der Waals surface area contributed by atoms with Crippen LogP contribution in [0.25, 0.3) is 0 Å². The van der Waals surface area contributed by atoms with E-state index in [4.69, 9.17) is 4.74 Å². The highest BCUT2D eigenvalue weighted by molar-refractivity contribution is 5.45. The fraction of sp³-hybridized carbons (Fsp3) is 0.294. The van der Waals surface area contributed by atoms with E-state index in [1.807, 2.05) is 12.1 Å². The lowest BCUT2D eigenvalue weighted by Crippen LogP contribution is -2.14. The van der Waals surface area contributed by atoms with Crippen LogP contribution in [0.4, 0.5) is 0 Å². The minimum Gasteiger partial charge on any atom is -0.504 e. The minimum absolute atomic E-state index is 0.214. The Morgan fingerprint density at radius 2 is 1.60 bits per heavy atom. The molecule has 0 aliphatic heterocycles. The van der Waals surface area contributed by atoms with Gasteiger partial charge in [-0.2, -0.15) is 0 Å². The Morgan fingerprint density at radius 3 is 2.30 bits per heavy atom. The average Bonchev–Trinajstić information content (AvgIpc) is 2.49. The fourth-order valence-corrected chi connectivity index (χ4v) is 2.28. The van der Waals surface area contributed by atoms with Gasteiger partial charge in [0.1, 0.15) is 0 Å². The van der Waals surface area contributed by atoms with Crippen LogP contribution in [0.3, 0.4) is 0 Å². The predicted octanol–water partition coefficient (Wildman–Crippen LogP) is 3.25. The molecule has 2 aromatic carbocycles. The number of phenolic OH excluding ortho intramolecular Hbond substituents is 1. The third kappa shape index (κ3) is 3.31. The Bertz CT molecular complexity index is 567. The van der Waals surface area contributed by atoms with Crippen molar-refractivity contribution in [2.45, 2.75) is 26.4 Å². The van der Waals surface area contributed by atoms with Gasteiger partial charge >= 0.3 is 0 Å². The molecule has 3 heteroatoms. The van der Waals surface area contributed by atoms with Crippen molar-refractivity contribution in [3.05, 3.63) is 59.2 Å². The molecular formula is C17H21NO2. The van der Waals surface area contributed by atoms with Gasteiger partial charge in [0.05, 0.1) is 7.11 Å². The maximum Gasteiger partial charge on any atom is 0.162 e. The number of ether oxygens (including phenoxy) is 1. The first-order chi connectivity index (χ1) is 9.76. The summed E-state index contributed by atoms with van der Waals surface area (Å²) in [5, 5.41) is 13.4. The van der Waals surface area contributed by atoms with Crippen LogP contribution < -0.4 is 10.1 Å². The maximum absolute atomic E-state index is 10.0. The SMILES string of the molecule is CCc1ccccc1CNCc1cccc(OC)c1O. The molecule has 0 fully saturated rings. The minimum atomic E-state index is 0.214. The predicted molar refractivity (Wildman–Crippen MR) is 81.0 cm³/mol. The lowest BCUT2D eigenvalue weighted by molar-refractivity contribution is 0.369. The summed E-state index contributed by atoms with van der Waals surface area (Å²) in [5.41, 5.74) is 3.51. The molecule has 20 heavy (non-hydrogen) atoms. The second-order valence-electron chi connectivity index (χ2n) is 4.69. The molecule has 0 unspecified atom stereocenters. The highest BCUT2D eigenvalue weighted by Gasteiger charge is 2.07. The Balaban J connectivity index is 1.99. The average molecular weight is 271 g/mol. The zero-order chi connectivity index (χ0) is 14.4. The molecule has 0 radical (unpaired) electrons. The molecular weight excluding hydrogens is 250 g/mol. The molecule has 3 nitrogen and oxygen atoms in total. The molecule has 0 aliphatic carbocycles. The van der Waals surface area contributed by atoms with Crippen LogP contribution in [0.1, 0.15) is 23.6 Å². The quantitative estimate of drug-likeness (QED) is 0.847. The molecule has 0 spiro atoms. The molecule has 2 N–H and O–H groups in total. The second kappa shape index (κ2) is 6.96. The highest BCUT2D eigenvalue weighted by Crippen LogP contribution is 2.29. The van der Waals surface area contributed by atoms with Crippen molar-refractivity contribution in [1.82, 2.24) is 5.32 Å². The number of benzene rings is 2. The van der Waals surface area contributed by atoms with Gasteiger partial charge in [-0.25, -0.2) is 0 Å². The van der Waals surface area contributed by atoms with Gasteiger partial charge in [0.2, 0.25) is 0 Å². The fourth-order valence-electron chi connectivity index (χ4n) is 2.28. The van der Waals surface area contributed by atoms with Gasteiger partial charge in [0.25, 0.3) is 0 Å². The number of nitrogens with one attached hydrogen (secondary N) is 1. The summed E-state index contributed by atoms with van der Waals surface area (Å²) in [6, 6.07) is 13.9. The van der Waals surface area contributed by atoms with Gasteiger partial charge in [0.15, 0.2) is 11.5 Å². The van der Waals surface area contributed by atoms with E-state index < -0.39 is 0 Å². The van der Waals surface area contributed by atoms with E-state index >= 15 is 0 Å². The zero-order valence-electron chi connectivity index (χ0n) is 12.0. The first-order valence-corrected chi connectivity index (χ1v) is 6.88. The molecule has 0 saturated heterocycles. The van der Waals surface area contributed by atoms with E-state index in [2.05, 4.69) is 36.5 Å². The standard InChI is InChI=1S/C17H21NO2/c1-3-13-7-4-5-8-14(13)11-18-12-15-9-6-10-16(20-2)17(15)19/h4-10,18-19H,3,11-12H2,1-2H3. The largest absolute Gasteiger partial charge is 0.504 e. The summed E-state index contributed by atoms with van der Waals surface area (Å²) in [6.45, 7) is 3.56. The van der Waals surface area contributed by atoms with E-state index in [0.717, 1.165) is 18.5 Å². The van der Waals surface area contributed by atoms with Crippen LogP contribution in [-0.4, -0.2) is 12.2 Å². The van der Waals surface area contributed by atoms with Gasteiger partial charge in [0, 0.05) is 18.7 Å². The Morgan fingerprint density at radius 1 is 0.950 bits per heavy atom. The number of aryl methyl sites for hydroxylation is 1. The van der Waals surface area contributed by atoms with Crippen molar-refractivity contribution in [3.8, 4) is 11.5 Å². The molecule has 0 atom stereocenters. The normalized spacial score (nSPS) is 10.5. The molecule has 0 saturated carbocycles. The number of para-hydroxylation sites is 1. The van der Waals surface area contributed by atoms with E-state index in [1.54, 1.807) is 13.2 Å². The molecule has 2 rings (SSSR count). The van der Waals surface area contributed by atoms with Crippen molar-refractivity contribution in [2.24, 2.45) is 0 Å². The topological polar surface area (TPSA) is 41.5 Å². The van der Waals surface area contributed by atoms with Crippen molar-refractivity contribution in [3.63, 3.8) is 0 Å². The van der Waals surface area contributed by atoms with Gasteiger partial charge in [-0.05, 0) is 23.6 Å². The van der Waals surface area contributed by atoms with Crippen LogP contribution in [0, 0.1) is 0 Å². The van der Waals surface area contributed by atoms with E-state index in [1.165, 1.54) is 11.1 Å². The monoisotopic (exact) mass is 271 g/mol. The molecule has 0 amide bonds. The molecule has 2 aromatic rings. The summed E-state index contributed by atoms with van der Waals surface area (Å²) >= 11 is 0. The molecule has 0 aliphatic rings. The third-order valence-electron chi connectivity index (χ3n) is 3.43. The van der Waals surface area contributed by atoms with E-state index in [0.29, 0.717) is 12.3 Å². The summed E-state index contributed by atoms with van der Waals surface area (Å²) in [5.74, 6) is 0.726. The number of hydrogen-bond donors (Lipinski definition) is 2. The highest BCUT2D eigenvalue weighted by atomic mass is 16.5. The Labute approximate surface area is 120 Å². The number of rotatable bonds is 6. The number of methoxy groups -OCH3 is 1. The zero-order valence-corrected chi connectivity index (χ0v) is 12.0.